The molecule has 0 amide bonds. The molecule has 5 nitrogen and oxygen atoms in total. The summed E-state index contributed by atoms with van der Waals surface area (Å²) in [7, 11) is 0. The van der Waals surface area contributed by atoms with E-state index >= 15 is 0 Å². The molecule has 0 aromatic heterocycles. The summed E-state index contributed by atoms with van der Waals surface area (Å²) in [6.45, 7) is 8.12. The van der Waals surface area contributed by atoms with E-state index in [1.165, 1.54) is 83.5 Å². The highest BCUT2D eigenvalue weighted by molar-refractivity contribution is 5.91. The lowest BCUT2D eigenvalue weighted by Gasteiger charge is -2.35. The van der Waals surface area contributed by atoms with Gasteiger partial charge in [0.2, 0.25) is 0 Å². The number of hydrogen-bond acceptors (Lipinski definition) is 5. The van der Waals surface area contributed by atoms with Crippen molar-refractivity contribution >= 4 is 11.8 Å². The van der Waals surface area contributed by atoms with E-state index in [9.17, 15) is 14.7 Å². The third-order valence-electron chi connectivity index (χ3n) is 7.89. The van der Waals surface area contributed by atoms with Crippen molar-refractivity contribution in [2.24, 2.45) is 0 Å². The van der Waals surface area contributed by atoms with Crippen LogP contribution < -0.4 is 4.74 Å². The number of rotatable bonds is 21. The molecule has 0 aliphatic carbocycles. The SMILES string of the molecule is CCCCCCCCCCCCCCCCCC(=O)OCc1cc(O)c2c(c1)OC(C)(CC(=O)C=C(C)C)CC2. The molecule has 0 radical (unpaired) electrons. The molecule has 40 heavy (non-hydrogen) atoms. The van der Waals surface area contributed by atoms with Crippen LogP contribution in [0.4, 0.5) is 0 Å². The fourth-order valence-corrected chi connectivity index (χ4v) is 5.56. The third-order valence-corrected chi connectivity index (χ3v) is 7.89. The van der Waals surface area contributed by atoms with Gasteiger partial charge in [0, 0.05) is 18.4 Å². The number of ether oxygens (including phenoxy) is 2. The van der Waals surface area contributed by atoms with Crippen LogP contribution in [0, 0.1) is 0 Å². The maximum Gasteiger partial charge on any atom is 0.306 e. The van der Waals surface area contributed by atoms with Crippen LogP contribution in [-0.4, -0.2) is 22.5 Å². The van der Waals surface area contributed by atoms with Crippen LogP contribution in [0.1, 0.15) is 154 Å². The van der Waals surface area contributed by atoms with Crippen molar-refractivity contribution in [3.8, 4) is 11.5 Å². The molecule has 5 heteroatoms. The molecule has 1 aliphatic heterocycles. The molecular formula is C35H56O5. The molecular weight excluding hydrogens is 500 g/mol. The number of carbonyl (C=O) groups excluding carboxylic acids is 2. The number of esters is 1. The van der Waals surface area contributed by atoms with Gasteiger partial charge in [0.1, 0.15) is 23.7 Å². The first-order valence-corrected chi connectivity index (χ1v) is 16.1. The van der Waals surface area contributed by atoms with Crippen LogP contribution >= 0.6 is 0 Å². The van der Waals surface area contributed by atoms with Crippen LogP contribution in [-0.2, 0) is 27.4 Å². The van der Waals surface area contributed by atoms with Gasteiger partial charge in [-0.2, -0.15) is 0 Å². The number of unbranched alkanes of at least 4 members (excludes halogenated alkanes) is 14. The van der Waals surface area contributed by atoms with E-state index in [1.807, 2.05) is 26.8 Å². The van der Waals surface area contributed by atoms with E-state index in [4.69, 9.17) is 9.47 Å². The summed E-state index contributed by atoms with van der Waals surface area (Å²) in [6.07, 6.45) is 23.1. The highest BCUT2D eigenvalue weighted by atomic mass is 16.5. The van der Waals surface area contributed by atoms with E-state index in [0.717, 1.165) is 24.0 Å². The van der Waals surface area contributed by atoms with Gasteiger partial charge in [-0.15, -0.1) is 0 Å². The van der Waals surface area contributed by atoms with Crippen molar-refractivity contribution in [2.45, 2.75) is 162 Å². The van der Waals surface area contributed by atoms with Crippen molar-refractivity contribution in [3.63, 3.8) is 0 Å². The first kappa shape index (κ1) is 33.9. The van der Waals surface area contributed by atoms with E-state index in [2.05, 4.69) is 6.92 Å². The fourth-order valence-electron chi connectivity index (χ4n) is 5.56. The van der Waals surface area contributed by atoms with Crippen LogP contribution in [0.15, 0.2) is 23.8 Å². The van der Waals surface area contributed by atoms with Crippen molar-refractivity contribution < 1.29 is 24.2 Å². The summed E-state index contributed by atoms with van der Waals surface area (Å²) < 4.78 is 11.7. The number of allylic oxidation sites excluding steroid dienone is 2. The van der Waals surface area contributed by atoms with Crippen LogP contribution in [0.5, 0.6) is 11.5 Å². The zero-order chi connectivity index (χ0) is 29.2. The highest BCUT2D eigenvalue weighted by Gasteiger charge is 2.34. The van der Waals surface area contributed by atoms with Gasteiger partial charge >= 0.3 is 5.97 Å². The molecule has 0 spiro atoms. The summed E-state index contributed by atoms with van der Waals surface area (Å²) in [5, 5.41) is 10.5. The lowest BCUT2D eigenvalue weighted by molar-refractivity contribution is -0.145. The second-order valence-electron chi connectivity index (χ2n) is 12.4. The predicted molar refractivity (Wildman–Crippen MR) is 164 cm³/mol. The number of benzene rings is 1. The Morgan fingerprint density at radius 2 is 1.45 bits per heavy atom. The minimum atomic E-state index is -0.620. The Morgan fingerprint density at radius 1 is 0.900 bits per heavy atom. The number of fused-ring (bicyclic) bond motifs is 1. The Bertz CT molecular complexity index is 930. The Balaban J connectivity index is 1.58. The van der Waals surface area contributed by atoms with Crippen molar-refractivity contribution in [1.82, 2.24) is 0 Å². The van der Waals surface area contributed by atoms with E-state index in [1.54, 1.807) is 12.1 Å². The van der Waals surface area contributed by atoms with Crippen LogP contribution in [0.25, 0.3) is 0 Å². The van der Waals surface area contributed by atoms with E-state index in [0.29, 0.717) is 30.6 Å². The molecule has 0 bridgehead atoms. The van der Waals surface area contributed by atoms with Crippen molar-refractivity contribution in [3.05, 3.63) is 34.9 Å². The largest absolute Gasteiger partial charge is 0.508 e. The Hall–Kier alpha value is -2.30. The average molecular weight is 557 g/mol. The van der Waals surface area contributed by atoms with Crippen molar-refractivity contribution in [1.29, 1.82) is 0 Å². The molecule has 1 aliphatic rings. The minimum Gasteiger partial charge on any atom is -0.508 e. The molecule has 1 aromatic carbocycles. The highest BCUT2D eigenvalue weighted by Crippen LogP contribution is 2.40. The Kier molecular flexibility index (Phi) is 16.1. The lowest BCUT2D eigenvalue weighted by Crippen LogP contribution is -2.38. The molecule has 1 aromatic rings. The smallest absolute Gasteiger partial charge is 0.306 e. The maximum atomic E-state index is 12.3. The van der Waals surface area contributed by atoms with Gasteiger partial charge in [-0.05, 0) is 63.8 Å². The summed E-state index contributed by atoms with van der Waals surface area (Å²) >= 11 is 0. The first-order chi connectivity index (χ1) is 19.2. The Morgan fingerprint density at radius 3 is 2.00 bits per heavy atom. The summed E-state index contributed by atoms with van der Waals surface area (Å²) in [5.74, 6) is 0.569. The summed E-state index contributed by atoms with van der Waals surface area (Å²) in [5.41, 5.74) is 1.79. The second kappa shape index (κ2) is 18.9. The molecule has 226 valence electrons. The molecule has 0 saturated heterocycles. The van der Waals surface area contributed by atoms with Gasteiger partial charge in [-0.3, -0.25) is 9.59 Å². The van der Waals surface area contributed by atoms with Gasteiger partial charge in [0.05, 0.1) is 0 Å². The van der Waals surface area contributed by atoms with Gasteiger partial charge in [-0.25, -0.2) is 0 Å². The number of ketones is 1. The minimum absolute atomic E-state index is 0.0408. The zero-order valence-electron chi connectivity index (χ0n) is 26.0. The Labute approximate surface area is 244 Å². The van der Waals surface area contributed by atoms with E-state index < -0.39 is 5.60 Å². The normalized spacial score (nSPS) is 16.2. The predicted octanol–water partition coefficient (Wildman–Crippen LogP) is 9.71. The van der Waals surface area contributed by atoms with E-state index in [-0.39, 0.29) is 30.5 Å². The van der Waals surface area contributed by atoms with Crippen LogP contribution in [0.2, 0.25) is 0 Å². The monoisotopic (exact) mass is 556 g/mol. The molecule has 1 unspecified atom stereocenters. The molecule has 0 fully saturated rings. The number of phenolic OH excluding ortho intramolecular Hbond substituents is 1. The van der Waals surface area contributed by atoms with Gasteiger partial charge < -0.3 is 14.6 Å². The van der Waals surface area contributed by atoms with Gasteiger partial charge in [0.25, 0.3) is 0 Å². The third kappa shape index (κ3) is 13.9. The second-order valence-corrected chi connectivity index (χ2v) is 12.4. The maximum absolute atomic E-state index is 12.3. The average Bonchev–Trinajstić information content (AvgIpc) is 2.88. The molecule has 0 saturated carbocycles. The lowest BCUT2D eigenvalue weighted by atomic mass is 9.87. The molecule has 1 atom stereocenters. The number of aromatic hydroxyl groups is 1. The van der Waals surface area contributed by atoms with Crippen molar-refractivity contribution in [2.75, 3.05) is 0 Å². The summed E-state index contributed by atoms with van der Waals surface area (Å²) in [6, 6.07) is 3.48. The number of carbonyl (C=O) groups is 2. The number of phenols is 1. The van der Waals surface area contributed by atoms with Gasteiger partial charge in [-0.1, -0.05) is 102 Å². The fraction of sp³-hybridized carbons (Fsp3) is 0.714. The van der Waals surface area contributed by atoms with Crippen LogP contribution in [0.3, 0.4) is 0 Å². The molecule has 1 N–H and O–H groups in total. The molecule has 1 heterocycles. The zero-order valence-corrected chi connectivity index (χ0v) is 26.0. The standard InChI is InChI=1S/C35H56O5/c1-5-6-7-8-9-10-11-12-13-14-15-16-17-18-19-20-34(38)39-27-29-24-32(37)31-21-22-35(4,40-33(31)25-29)26-30(36)23-28(2)3/h23-25,37H,5-22,26-27H2,1-4H3. The summed E-state index contributed by atoms with van der Waals surface area (Å²) in [4.78, 5) is 24.6. The number of hydrogen-bond donors (Lipinski definition) is 1. The molecule has 2 rings (SSSR count). The first-order valence-electron chi connectivity index (χ1n) is 16.1. The topological polar surface area (TPSA) is 72.8 Å². The van der Waals surface area contributed by atoms with Gasteiger partial charge in [0.15, 0.2) is 5.78 Å². The quantitative estimate of drug-likeness (QED) is 0.0927.